The van der Waals surface area contributed by atoms with E-state index in [0.717, 1.165) is 0 Å². The van der Waals surface area contributed by atoms with Crippen LogP contribution < -0.4 is 0 Å². The molecular weight excluding hydrogens is 322 g/mol. The normalized spacial score (nSPS) is 15.5. The first-order valence-electron chi connectivity index (χ1n) is 7.37. The second-order valence-corrected chi connectivity index (χ2v) is 6.25. The summed E-state index contributed by atoms with van der Waals surface area (Å²) in [5.74, 6) is -1.66. The van der Waals surface area contributed by atoms with Crippen LogP contribution in [0.15, 0.2) is 12.3 Å². The van der Waals surface area contributed by atoms with Crippen LogP contribution in [0, 0.1) is 5.92 Å². The number of halogens is 1. The number of carboxylic acids is 1. The summed E-state index contributed by atoms with van der Waals surface area (Å²) in [5, 5.41) is 9.43. The molecule has 0 bridgehead atoms. The molecule has 0 aliphatic carbocycles. The number of amides is 2. The summed E-state index contributed by atoms with van der Waals surface area (Å²) in [4.78, 5) is 38.5. The number of likely N-dealkylation sites (tertiary alicyclic amines) is 1. The number of piperidine rings is 1. The van der Waals surface area contributed by atoms with Crippen LogP contribution in [0.25, 0.3) is 0 Å². The molecule has 0 unspecified atom stereocenters. The molecule has 126 valence electrons. The van der Waals surface area contributed by atoms with Crippen LogP contribution in [0.4, 0.5) is 0 Å². The molecule has 7 nitrogen and oxygen atoms in total. The van der Waals surface area contributed by atoms with Gasteiger partial charge in [0.15, 0.2) is 0 Å². The third-order valence-corrected chi connectivity index (χ3v) is 4.31. The van der Waals surface area contributed by atoms with Gasteiger partial charge in [-0.25, -0.2) is 0 Å². The molecule has 1 fully saturated rings. The standard InChI is InChI=1S/C15H20ClN3O4/c1-17-8-11(16)7-12(17)14(21)18(2)9-13(20)19-5-3-10(4-6-19)15(22)23/h7-8,10H,3-6,9H2,1-2H3,(H,22,23). The molecule has 0 spiro atoms. The predicted molar refractivity (Wildman–Crippen MR) is 84.3 cm³/mol. The minimum Gasteiger partial charge on any atom is -0.481 e. The molecule has 1 aliphatic rings. The fraction of sp³-hybridized carbons (Fsp3) is 0.533. The van der Waals surface area contributed by atoms with Crippen molar-refractivity contribution in [1.82, 2.24) is 14.4 Å². The number of likely N-dealkylation sites (N-methyl/N-ethyl adjacent to an activating group) is 1. The van der Waals surface area contributed by atoms with Gasteiger partial charge in [0.2, 0.25) is 5.91 Å². The van der Waals surface area contributed by atoms with Gasteiger partial charge < -0.3 is 19.5 Å². The van der Waals surface area contributed by atoms with Gasteiger partial charge in [0.05, 0.1) is 17.5 Å². The predicted octanol–water partition coefficient (Wildman–Crippen LogP) is 1.07. The maximum Gasteiger partial charge on any atom is 0.306 e. The average Bonchev–Trinajstić information content (AvgIpc) is 2.85. The maximum atomic E-state index is 12.3. The van der Waals surface area contributed by atoms with Crippen molar-refractivity contribution >= 4 is 29.4 Å². The average molecular weight is 342 g/mol. The highest BCUT2D eigenvalue weighted by Gasteiger charge is 2.28. The van der Waals surface area contributed by atoms with E-state index in [9.17, 15) is 14.4 Å². The van der Waals surface area contributed by atoms with E-state index in [-0.39, 0.29) is 24.3 Å². The topological polar surface area (TPSA) is 82.9 Å². The Bertz CT molecular complexity index is 620. The van der Waals surface area contributed by atoms with E-state index >= 15 is 0 Å². The SMILES string of the molecule is CN(CC(=O)N1CCC(C(=O)O)CC1)C(=O)c1cc(Cl)cn1C. The van der Waals surface area contributed by atoms with Crippen LogP contribution in [0.1, 0.15) is 23.3 Å². The van der Waals surface area contributed by atoms with Gasteiger partial charge in [0.1, 0.15) is 5.69 Å². The fourth-order valence-electron chi connectivity index (χ4n) is 2.68. The summed E-state index contributed by atoms with van der Waals surface area (Å²) in [7, 11) is 3.27. The first kappa shape index (κ1) is 17.3. The first-order valence-corrected chi connectivity index (χ1v) is 7.75. The highest BCUT2D eigenvalue weighted by molar-refractivity contribution is 6.31. The van der Waals surface area contributed by atoms with Crippen molar-refractivity contribution in [2.75, 3.05) is 26.7 Å². The Morgan fingerprint density at radius 3 is 2.43 bits per heavy atom. The monoisotopic (exact) mass is 341 g/mol. The molecule has 0 atom stereocenters. The van der Waals surface area contributed by atoms with Crippen LogP contribution >= 0.6 is 11.6 Å². The smallest absolute Gasteiger partial charge is 0.306 e. The second-order valence-electron chi connectivity index (χ2n) is 5.81. The van der Waals surface area contributed by atoms with Crippen LogP contribution in [-0.2, 0) is 16.6 Å². The van der Waals surface area contributed by atoms with Crippen molar-refractivity contribution in [3.63, 3.8) is 0 Å². The lowest BCUT2D eigenvalue weighted by Gasteiger charge is -2.31. The third-order valence-electron chi connectivity index (χ3n) is 4.11. The van der Waals surface area contributed by atoms with Crippen LogP contribution in [0.5, 0.6) is 0 Å². The second kappa shape index (κ2) is 7.04. The first-order chi connectivity index (χ1) is 10.8. The van der Waals surface area contributed by atoms with Crippen molar-refractivity contribution in [1.29, 1.82) is 0 Å². The van der Waals surface area contributed by atoms with Gasteiger partial charge in [0.25, 0.3) is 5.91 Å². The summed E-state index contributed by atoms with van der Waals surface area (Å²) in [6, 6.07) is 1.56. The Hall–Kier alpha value is -2.02. The number of aliphatic carboxylic acids is 1. The number of aromatic nitrogens is 1. The molecule has 0 aromatic carbocycles. The van der Waals surface area contributed by atoms with Gasteiger partial charge in [-0.1, -0.05) is 11.6 Å². The van der Waals surface area contributed by atoms with Crippen LogP contribution in [0.3, 0.4) is 0 Å². The zero-order chi connectivity index (χ0) is 17.1. The lowest BCUT2D eigenvalue weighted by molar-refractivity contribution is -0.145. The minimum atomic E-state index is -0.815. The fourth-order valence-corrected chi connectivity index (χ4v) is 2.93. The molecule has 2 amide bonds. The van der Waals surface area contributed by atoms with Gasteiger partial charge in [0, 0.05) is 33.4 Å². The van der Waals surface area contributed by atoms with E-state index in [4.69, 9.17) is 16.7 Å². The molecule has 8 heteroatoms. The Balaban J connectivity index is 1.91. The highest BCUT2D eigenvalue weighted by Crippen LogP contribution is 2.18. The molecule has 1 aromatic heterocycles. The molecule has 1 aromatic rings. The van der Waals surface area contributed by atoms with Crippen molar-refractivity contribution < 1.29 is 19.5 Å². The number of nitrogens with zero attached hydrogens (tertiary/aromatic N) is 3. The Labute approximate surface area is 139 Å². The molecule has 0 saturated carbocycles. The van der Waals surface area contributed by atoms with E-state index in [2.05, 4.69) is 0 Å². The lowest BCUT2D eigenvalue weighted by atomic mass is 9.97. The Kier molecular flexibility index (Phi) is 5.30. The van der Waals surface area contributed by atoms with Crippen molar-refractivity contribution in [2.24, 2.45) is 13.0 Å². The third kappa shape index (κ3) is 4.04. The summed E-state index contributed by atoms with van der Waals surface area (Å²) in [6.07, 6.45) is 2.53. The molecule has 1 aliphatic heterocycles. The van der Waals surface area contributed by atoms with Gasteiger partial charge in [-0.05, 0) is 18.9 Å². The number of hydrogen-bond acceptors (Lipinski definition) is 3. The van der Waals surface area contributed by atoms with Gasteiger partial charge in [-0.15, -0.1) is 0 Å². The minimum absolute atomic E-state index is 0.0423. The summed E-state index contributed by atoms with van der Waals surface area (Å²) >= 11 is 5.87. The molecule has 2 heterocycles. The molecule has 1 N–H and O–H groups in total. The van der Waals surface area contributed by atoms with Crippen LogP contribution in [0.2, 0.25) is 5.02 Å². The van der Waals surface area contributed by atoms with E-state index in [1.807, 2.05) is 0 Å². The number of aryl methyl sites for hydroxylation is 1. The zero-order valence-electron chi connectivity index (χ0n) is 13.2. The summed E-state index contributed by atoms with van der Waals surface area (Å²) < 4.78 is 1.62. The quantitative estimate of drug-likeness (QED) is 0.888. The maximum absolute atomic E-state index is 12.3. The summed E-state index contributed by atoms with van der Waals surface area (Å²) in [5.41, 5.74) is 0.412. The number of carboxylic acid groups (broad SMARTS) is 1. The summed E-state index contributed by atoms with van der Waals surface area (Å²) in [6.45, 7) is 0.779. The van der Waals surface area contributed by atoms with Gasteiger partial charge in [-0.2, -0.15) is 0 Å². The molecule has 0 radical (unpaired) electrons. The van der Waals surface area contributed by atoms with Crippen molar-refractivity contribution in [3.8, 4) is 0 Å². The number of hydrogen-bond donors (Lipinski definition) is 1. The molecule has 23 heavy (non-hydrogen) atoms. The Morgan fingerprint density at radius 2 is 1.96 bits per heavy atom. The van der Waals surface area contributed by atoms with E-state index in [0.29, 0.717) is 36.6 Å². The van der Waals surface area contributed by atoms with E-state index < -0.39 is 5.97 Å². The number of carbonyl (C=O) groups excluding carboxylic acids is 2. The number of carbonyl (C=O) groups is 3. The highest BCUT2D eigenvalue weighted by atomic mass is 35.5. The largest absolute Gasteiger partial charge is 0.481 e. The van der Waals surface area contributed by atoms with Gasteiger partial charge in [-0.3, -0.25) is 14.4 Å². The van der Waals surface area contributed by atoms with Crippen molar-refractivity contribution in [3.05, 3.63) is 23.0 Å². The van der Waals surface area contributed by atoms with Gasteiger partial charge >= 0.3 is 5.97 Å². The number of rotatable bonds is 4. The molecular formula is C15H20ClN3O4. The Morgan fingerprint density at radius 1 is 1.35 bits per heavy atom. The molecule has 1 saturated heterocycles. The zero-order valence-corrected chi connectivity index (χ0v) is 13.9. The van der Waals surface area contributed by atoms with Crippen LogP contribution in [-0.4, -0.2) is 63.9 Å². The molecule has 2 rings (SSSR count). The lowest BCUT2D eigenvalue weighted by Crippen LogP contribution is -2.45. The van der Waals surface area contributed by atoms with E-state index in [1.54, 1.807) is 35.8 Å². The van der Waals surface area contributed by atoms with E-state index in [1.165, 1.54) is 4.90 Å². The van der Waals surface area contributed by atoms with Crippen molar-refractivity contribution in [2.45, 2.75) is 12.8 Å².